The number of nitrogens with one attached hydrogen (secondary N) is 1. The summed E-state index contributed by atoms with van der Waals surface area (Å²) in [5.41, 5.74) is 0.674. The molecule has 2 aromatic rings. The van der Waals surface area contributed by atoms with Crippen molar-refractivity contribution in [2.24, 2.45) is 0 Å². The Morgan fingerprint density at radius 2 is 2.19 bits per heavy atom. The summed E-state index contributed by atoms with van der Waals surface area (Å²) in [4.78, 5) is 30.0. The van der Waals surface area contributed by atoms with Crippen LogP contribution in [0.25, 0.3) is 0 Å². The highest BCUT2D eigenvalue weighted by atomic mass is 32.1. The number of rotatable bonds is 5. The van der Waals surface area contributed by atoms with Crippen molar-refractivity contribution in [2.45, 2.75) is 25.4 Å². The standard InChI is InChI=1S/C18H19N3O4S/c22-16(8-12-11-26-18(20-12)21-7-3-6-17(21)23)19-9-13-10-24-14-4-1-2-5-15(14)25-13/h1-2,4-5,11,13H,3,6-10H2,(H,19,22)/t13-/m1/s1. The van der Waals surface area contributed by atoms with Gasteiger partial charge in [0, 0.05) is 18.3 Å². The SMILES string of the molecule is O=C(Cc1csc(N2CCCC2=O)n1)NC[C@@H]1COc2ccccc2O1. The van der Waals surface area contributed by atoms with E-state index in [-0.39, 0.29) is 24.3 Å². The van der Waals surface area contributed by atoms with E-state index in [0.29, 0.717) is 42.7 Å². The summed E-state index contributed by atoms with van der Waals surface area (Å²) in [6, 6.07) is 7.48. The van der Waals surface area contributed by atoms with E-state index in [2.05, 4.69) is 10.3 Å². The number of carbonyl (C=O) groups is 2. The molecule has 7 nitrogen and oxygen atoms in total. The van der Waals surface area contributed by atoms with Crippen LogP contribution in [0.5, 0.6) is 11.5 Å². The number of benzene rings is 1. The van der Waals surface area contributed by atoms with Crippen LogP contribution >= 0.6 is 11.3 Å². The fourth-order valence-electron chi connectivity index (χ4n) is 2.97. The lowest BCUT2D eigenvalue weighted by Crippen LogP contribution is -2.41. The molecule has 3 heterocycles. The first kappa shape index (κ1) is 16.8. The van der Waals surface area contributed by atoms with E-state index < -0.39 is 0 Å². The summed E-state index contributed by atoms with van der Waals surface area (Å²) in [5, 5.41) is 5.37. The molecule has 2 amide bonds. The van der Waals surface area contributed by atoms with Gasteiger partial charge in [0.25, 0.3) is 0 Å². The summed E-state index contributed by atoms with van der Waals surface area (Å²) >= 11 is 1.40. The van der Waals surface area contributed by atoms with Crippen molar-refractivity contribution in [3.05, 3.63) is 35.3 Å². The summed E-state index contributed by atoms with van der Waals surface area (Å²) in [7, 11) is 0. The molecule has 1 fully saturated rings. The number of aromatic nitrogens is 1. The summed E-state index contributed by atoms with van der Waals surface area (Å²) in [6.07, 6.45) is 1.40. The van der Waals surface area contributed by atoms with Gasteiger partial charge in [-0.3, -0.25) is 14.5 Å². The molecule has 8 heteroatoms. The lowest BCUT2D eigenvalue weighted by atomic mass is 10.2. The molecule has 136 valence electrons. The van der Waals surface area contributed by atoms with Crippen molar-refractivity contribution in [2.75, 3.05) is 24.6 Å². The number of ether oxygens (including phenoxy) is 2. The molecule has 0 saturated carbocycles. The highest BCUT2D eigenvalue weighted by Crippen LogP contribution is 2.30. The maximum absolute atomic E-state index is 12.2. The van der Waals surface area contributed by atoms with Gasteiger partial charge < -0.3 is 14.8 Å². The maximum atomic E-state index is 12.2. The molecule has 26 heavy (non-hydrogen) atoms. The third-order valence-corrected chi connectivity index (χ3v) is 5.19. The summed E-state index contributed by atoms with van der Waals surface area (Å²) < 4.78 is 11.5. The monoisotopic (exact) mass is 373 g/mol. The molecule has 2 aliphatic rings. The fourth-order valence-corrected chi connectivity index (χ4v) is 3.84. The second-order valence-electron chi connectivity index (χ2n) is 6.25. The van der Waals surface area contributed by atoms with Crippen LogP contribution in [0, 0.1) is 0 Å². The third-order valence-electron chi connectivity index (χ3n) is 4.28. The number of fused-ring (bicyclic) bond motifs is 1. The van der Waals surface area contributed by atoms with E-state index in [1.807, 2.05) is 29.6 Å². The zero-order valence-corrected chi connectivity index (χ0v) is 15.0. The first-order valence-electron chi connectivity index (χ1n) is 8.59. The zero-order chi connectivity index (χ0) is 17.9. The molecule has 0 bridgehead atoms. The normalized spacial score (nSPS) is 18.8. The Kier molecular flexibility index (Phi) is 4.75. The van der Waals surface area contributed by atoms with Crippen LogP contribution in [0.1, 0.15) is 18.5 Å². The van der Waals surface area contributed by atoms with Crippen molar-refractivity contribution in [3.63, 3.8) is 0 Å². The first-order chi connectivity index (χ1) is 12.7. The molecule has 1 atom stereocenters. The van der Waals surface area contributed by atoms with Crippen LogP contribution in [0.3, 0.4) is 0 Å². The number of thiazole rings is 1. The molecule has 1 saturated heterocycles. The van der Waals surface area contributed by atoms with E-state index in [0.717, 1.165) is 12.2 Å². The molecule has 1 aromatic carbocycles. The average molecular weight is 373 g/mol. The van der Waals surface area contributed by atoms with Gasteiger partial charge in [-0.25, -0.2) is 4.98 Å². The van der Waals surface area contributed by atoms with Gasteiger partial charge in [-0.05, 0) is 18.6 Å². The van der Waals surface area contributed by atoms with Crippen molar-refractivity contribution in [3.8, 4) is 11.5 Å². The minimum absolute atomic E-state index is 0.102. The highest BCUT2D eigenvalue weighted by molar-refractivity contribution is 7.14. The molecular weight excluding hydrogens is 354 g/mol. The average Bonchev–Trinajstić information content (AvgIpc) is 3.28. The van der Waals surface area contributed by atoms with E-state index in [1.54, 1.807) is 4.90 Å². The predicted octanol–water partition coefficient (Wildman–Crippen LogP) is 1.77. The minimum atomic E-state index is -0.220. The van der Waals surface area contributed by atoms with Crippen molar-refractivity contribution in [1.29, 1.82) is 0 Å². The number of amides is 2. The number of hydrogen-bond donors (Lipinski definition) is 1. The molecule has 0 unspecified atom stereocenters. The van der Waals surface area contributed by atoms with Crippen molar-refractivity contribution in [1.82, 2.24) is 10.3 Å². The molecule has 0 radical (unpaired) electrons. The number of anilines is 1. The Bertz CT molecular complexity index is 822. The van der Waals surface area contributed by atoms with E-state index in [9.17, 15) is 9.59 Å². The van der Waals surface area contributed by atoms with Gasteiger partial charge in [0.05, 0.1) is 18.7 Å². The molecule has 0 spiro atoms. The number of nitrogens with zero attached hydrogens (tertiary/aromatic N) is 2. The van der Waals surface area contributed by atoms with Gasteiger partial charge in [0.1, 0.15) is 12.7 Å². The summed E-state index contributed by atoms with van der Waals surface area (Å²) in [6.45, 7) is 1.47. The molecule has 1 aromatic heterocycles. The molecular formula is C18H19N3O4S. The molecule has 2 aliphatic heterocycles. The minimum Gasteiger partial charge on any atom is -0.486 e. The number of hydrogen-bond acceptors (Lipinski definition) is 6. The van der Waals surface area contributed by atoms with E-state index >= 15 is 0 Å². The molecule has 1 N–H and O–H groups in total. The largest absolute Gasteiger partial charge is 0.486 e. The van der Waals surface area contributed by atoms with Crippen LogP contribution < -0.4 is 19.7 Å². The van der Waals surface area contributed by atoms with Crippen LogP contribution in [0.4, 0.5) is 5.13 Å². The maximum Gasteiger partial charge on any atom is 0.228 e. The quantitative estimate of drug-likeness (QED) is 0.864. The second kappa shape index (κ2) is 7.33. The Morgan fingerprint density at radius 3 is 3.00 bits per heavy atom. The Morgan fingerprint density at radius 1 is 1.35 bits per heavy atom. The van der Waals surface area contributed by atoms with E-state index in [1.165, 1.54) is 11.3 Å². The second-order valence-corrected chi connectivity index (χ2v) is 7.09. The van der Waals surface area contributed by atoms with Gasteiger partial charge in [-0.15, -0.1) is 11.3 Å². The smallest absolute Gasteiger partial charge is 0.228 e. The van der Waals surface area contributed by atoms with Gasteiger partial charge in [0.2, 0.25) is 11.8 Å². The Balaban J connectivity index is 1.27. The number of carbonyl (C=O) groups excluding carboxylic acids is 2. The third kappa shape index (κ3) is 3.65. The Labute approximate surface area is 154 Å². The van der Waals surface area contributed by atoms with Crippen LogP contribution in [-0.2, 0) is 16.0 Å². The molecule has 4 rings (SSSR count). The zero-order valence-electron chi connectivity index (χ0n) is 14.1. The highest BCUT2D eigenvalue weighted by Gasteiger charge is 2.25. The van der Waals surface area contributed by atoms with Gasteiger partial charge >= 0.3 is 0 Å². The topological polar surface area (TPSA) is 80.8 Å². The van der Waals surface area contributed by atoms with Gasteiger partial charge in [-0.1, -0.05) is 12.1 Å². The lowest BCUT2D eigenvalue weighted by molar-refractivity contribution is -0.121. The fraction of sp³-hybridized carbons (Fsp3) is 0.389. The van der Waals surface area contributed by atoms with Crippen molar-refractivity contribution < 1.29 is 19.1 Å². The van der Waals surface area contributed by atoms with Crippen LogP contribution in [-0.4, -0.2) is 42.6 Å². The van der Waals surface area contributed by atoms with Crippen LogP contribution in [0.15, 0.2) is 29.6 Å². The molecule has 0 aliphatic carbocycles. The number of para-hydroxylation sites is 2. The predicted molar refractivity (Wildman–Crippen MR) is 96.8 cm³/mol. The Hall–Kier alpha value is -2.61. The first-order valence-corrected chi connectivity index (χ1v) is 9.47. The van der Waals surface area contributed by atoms with E-state index in [4.69, 9.17) is 9.47 Å². The summed E-state index contributed by atoms with van der Waals surface area (Å²) in [5.74, 6) is 1.39. The van der Waals surface area contributed by atoms with Gasteiger partial charge in [0.15, 0.2) is 16.6 Å². The van der Waals surface area contributed by atoms with Gasteiger partial charge in [-0.2, -0.15) is 0 Å². The van der Waals surface area contributed by atoms with Crippen LogP contribution in [0.2, 0.25) is 0 Å². The lowest BCUT2D eigenvalue weighted by Gasteiger charge is -2.26. The van der Waals surface area contributed by atoms with Crippen molar-refractivity contribution >= 4 is 28.3 Å².